The fourth-order valence-corrected chi connectivity index (χ4v) is 3.73. The van der Waals surface area contributed by atoms with E-state index in [-0.39, 0.29) is 5.91 Å². The monoisotopic (exact) mass is 342 g/mol. The molecular weight excluding hydrogens is 320 g/mol. The molecule has 0 fully saturated rings. The van der Waals surface area contributed by atoms with Gasteiger partial charge in [-0.2, -0.15) is 4.99 Å². The maximum atomic E-state index is 12.4. The number of hydrogen-bond acceptors (Lipinski definition) is 3. The summed E-state index contributed by atoms with van der Waals surface area (Å²) < 4.78 is 8.48. The highest BCUT2D eigenvalue weighted by molar-refractivity contribution is 7.17. The van der Waals surface area contributed by atoms with Crippen LogP contribution in [-0.4, -0.2) is 24.2 Å². The number of carbonyl (C=O) groups is 1. The molecule has 0 unspecified atom stereocenters. The summed E-state index contributed by atoms with van der Waals surface area (Å²) >= 11 is 1.57. The number of aromatic nitrogens is 1. The van der Waals surface area contributed by atoms with Gasteiger partial charge >= 0.3 is 0 Å². The minimum atomic E-state index is -0.489. The molecule has 24 heavy (non-hydrogen) atoms. The minimum Gasteiger partial charge on any atom is -0.383 e. The SMILES string of the molecule is COCCn1c(=NC(=O)C(C)(C)C)sc2c3ccccc3ccc21. The van der Waals surface area contributed by atoms with Gasteiger partial charge in [0, 0.05) is 24.5 Å². The van der Waals surface area contributed by atoms with Crippen molar-refractivity contribution in [2.45, 2.75) is 27.3 Å². The molecule has 0 saturated carbocycles. The van der Waals surface area contributed by atoms with Gasteiger partial charge in [-0.1, -0.05) is 62.4 Å². The van der Waals surface area contributed by atoms with Gasteiger partial charge in [0.2, 0.25) is 0 Å². The largest absolute Gasteiger partial charge is 0.383 e. The lowest BCUT2D eigenvalue weighted by molar-refractivity contribution is -0.125. The van der Waals surface area contributed by atoms with Crippen molar-refractivity contribution in [3.8, 4) is 0 Å². The third-order valence-electron chi connectivity index (χ3n) is 3.93. The van der Waals surface area contributed by atoms with Crippen molar-refractivity contribution in [3.63, 3.8) is 0 Å². The number of thiazole rings is 1. The zero-order valence-electron chi connectivity index (χ0n) is 14.5. The van der Waals surface area contributed by atoms with E-state index in [4.69, 9.17) is 4.74 Å². The molecule has 0 saturated heterocycles. The predicted molar refractivity (Wildman–Crippen MR) is 99.2 cm³/mol. The Hall–Kier alpha value is -1.98. The molecule has 1 heterocycles. The normalized spacial score (nSPS) is 13.1. The van der Waals surface area contributed by atoms with Crippen LogP contribution in [-0.2, 0) is 16.1 Å². The average Bonchev–Trinajstić information content (AvgIpc) is 2.89. The van der Waals surface area contributed by atoms with Gasteiger partial charge in [-0.25, -0.2) is 0 Å². The van der Waals surface area contributed by atoms with Crippen molar-refractivity contribution in [2.24, 2.45) is 10.4 Å². The number of benzene rings is 2. The van der Waals surface area contributed by atoms with E-state index in [1.807, 2.05) is 32.9 Å². The predicted octanol–water partition coefficient (Wildman–Crippen LogP) is 3.98. The number of amides is 1. The molecule has 3 rings (SSSR count). The molecule has 126 valence electrons. The highest BCUT2D eigenvalue weighted by Crippen LogP contribution is 2.27. The summed E-state index contributed by atoms with van der Waals surface area (Å²) in [5, 5.41) is 2.38. The molecule has 5 heteroatoms. The molecule has 1 aromatic heterocycles. The van der Waals surface area contributed by atoms with Crippen molar-refractivity contribution in [2.75, 3.05) is 13.7 Å². The Kier molecular flexibility index (Phi) is 4.56. The van der Waals surface area contributed by atoms with Gasteiger partial charge in [-0.3, -0.25) is 4.79 Å². The van der Waals surface area contributed by atoms with Crippen LogP contribution in [0.5, 0.6) is 0 Å². The molecule has 4 nitrogen and oxygen atoms in total. The summed E-state index contributed by atoms with van der Waals surface area (Å²) in [4.78, 5) is 17.5. The Morgan fingerprint density at radius 1 is 1.21 bits per heavy atom. The van der Waals surface area contributed by atoms with E-state index in [0.29, 0.717) is 13.2 Å². The number of methoxy groups -OCH3 is 1. The third-order valence-corrected chi connectivity index (χ3v) is 5.06. The molecule has 0 radical (unpaired) electrons. The van der Waals surface area contributed by atoms with E-state index in [9.17, 15) is 4.79 Å². The van der Waals surface area contributed by atoms with Crippen LogP contribution in [0.15, 0.2) is 41.4 Å². The molecule has 0 bridgehead atoms. The second-order valence-corrected chi connectivity index (χ2v) is 7.81. The number of fused-ring (bicyclic) bond motifs is 3. The highest BCUT2D eigenvalue weighted by atomic mass is 32.1. The first kappa shape index (κ1) is 16.9. The van der Waals surface area contributed by atoms with Gasteiger partial charge in [0.05, 0.1) is 16.8 Å². The van der Waals surface area contributed by atoms with Crippen LogP contribution in [0.2, 0.25) is 0 Å². The van der Waals surface area contributed by atoms with E-state index in [1.54, 1.807) is 18.4 Å². The fourth-order valence-electron chi connectivity index (χ4n) is 2.54. The van der Waals surface area contributed by atoms with Crippen LogP contribution in [0.1, 0.15) is 20.8 Å². The topological polar surface area (TPSA) is 43.6 Å². The van der Waals surface area contributed by atoms with Crippen molar-refractivity contribution in [1.82, 2.24) is 4.57 Å². The number of hydrogen-bond donors (Lipinski definition) is 0. The summed E-state index contributed by atoms with van der Waals surface area (Å²) in [5.41, 5.74) is 0.605. The Morgan fingerprint density at radius 3 is 2.67 bits per heavy atom. The maximum absolute atomic E-state index is 12.4. The fraction of sp³-hybridized carbons (Fsp3) is 0.368. The second kappa shape index (κ2) is 6.49. The van der Waals surface area contributed by atoms with E-state index < -0.39 is 5.41 Å². The van der Waals surface area contributed by atoms with Crippen LogP contribution in [0.3, 0.4) is 0 Å². The van der Waals surface area contributed by atoms with Crippen molar-refractivity contribution < 1.29 is 9.53 Å². The number of ether oxygens (including phenoxy) is 1. The third kappa shape index (κ3) is 3.14. The summed E-state index contributed by atoms with van der Waals surface area (Å²) in [7, 11) is 1.68. The lowest BCUT2D eigenvalue weighted by Gasteiger charge is -2.12. The number of nitrogens with zero attached hydrogens (tertiary/aromatic N) is 2. The molecule has 0 N–H and O–H groups in total. The van der Waals surface area contributed by atoms with Crippen LogP contribution in [0.4, 0.5) is 0 Å². The van der Waals surface area contributed by atoms with Crippen molar-refractivity contribution in [1.29, 1.82) is 0 Å². The first-order valence-corrected chi connectivity index (χ1v) is 8.82. The lowest BCUT2D eigenvalue weighted by atomic mass is 9.96. The van der Waals surface area contributed by atoms with E-state index in [2.05, 4.69) is 33.8 Å². The average molecular weight is 342 g/mol. The number of carbonyl (C=O) groups excluding carboxylic acids is 1. The first-order chi connectivity index (χ1) is 11.4. The maximum Gasteiger partial charge on any atom is 0.253 e. The van der Waals surface area contributed by atoms with Gasteiger partial charge in [0.15, 0.2) is 4.80 Å². The second-order valence-electron chi connectivity index (χ2n) is 6.83. The van der Waals surface area contributed by atoms with Gasteiger partial charge in [0.1, 0.15) is 0 Å². The number of rotatable bonds is 3. The zero-order chi connectivity index (χ0) is 17.3. The quantitative estimate of drug-likeness (QED) is 0.723. The Labute approximate surface area is 145 Å². The molecule has 0 aliphatic rings. The van der Waals surface area contributed by atoms with E-state index >= 15 is 0 Å². The Bertz CT molecular complexity index is 961. The highest BCUT2D eigenvalue weighted by Gasteiger charge is 2.21. The molecule has 0 aliphatic heterocycles. The summed E-state index contributed by atoms with van der Waals surface area (Å²) in [6, 6.07) is 12.5. The molecule has 0 atom stereocenters. The van der Waals surface area contributed by atoms with Crippen molar-refractivity contribution in [3.05, 3.63) is 41.2 Å². The minimum absolute atomic E-state index is 0.107. The molecule has 0 spiro atoms. The van der Waals surface area contributed by atoms with Gasteiger partial charge in [0.25, 0.3) is 5.91 Å². The van der Waals surface area contributed by atoms with Crippen LogP contribution >= 0.6 is 11.3 Å². The molecule has 1 amide bonds. The summed E-state index contributed by atoms with van der Waals surface area (Å²) in [6.45, 7) is 6.92. The lowest BCUT2D eigenvalue weighted by Crippen LogP contribution is -2.24. The summed E-state index contributed by atoms with van der Waals surface area (Å²) in [6.07, 6.45) is 0. The smallest absolute Gasteiger partial charge is 0.253 e. The molecular formula is C19H22N2O2S. The van der Waals surface area contributed by atoms with Gasteiger partial charge in [-0.15, -0.1) is 0 Å². The van der Waals surface area contributed by atoms with Gasteiger partial charge in [-0.05, 0) is 11.5 Å². The Balaban J connectivity index is 2.29. The molecule has 2 aromatic carbocycles. The summed E-state index contributed by atoms with van der Waals surface area (Å²) in [5.74, 6) is -0.107. The van der Waals surface area contributed by atoms with E-state index in [0.717, 1.165) is 15.0 Å². The molecule has 3 aromatic rings. The van der Waals surface area contributed by atoms with Gasteiger partial charge < -0.3 is 9.30 Å². The van der Waals surface area contributed by atoms with Crippen molar-refractivity contribution >= 4 is 38.2 Å². The van der Waals surface area contributed by atoms with E-state index in [1.165, 1.54) is 10.8 Å². The van der Waals surface area contributed by atoms with Crippen LogP contribution < -0.4 is 4.80 Å². The first-order valence-electron chi connectivity index (χ1n) is 8.01. The Morgan fingerprint density at radius 2 is 1.96 bits per heavy atom. The molecule has 0 aliphatic carbocycles. The van der Waals surface area contributed by atoms with Crippen LogP contribution in [0.25, 0.3) is 21.0 Å². The zero-order valence-corrected chi connectivity index (χ0v) is 15.3. The standard InChI is InChI=1S/C19H22N2O2S/c1-19(2,3)17(22)20-18-21(11-12-23-4)15-10-9-13-7-5-6-8-14(13)16(15)24-18/h5-10H,11-12H2,1-4H3. The van der Waals surface area contributed by atoms with Crippen LogP contribution in [0, 0.1) is 5.41 Å².